The standard InChI is InChI=1S/C17H25N7/c1-24(9-6-12-10-19-20-11-12)16-14-4-7-18-8-5-15(14)22-17(23-16)21-13-2-3-13/h10-11,13,18H,2-9H2,1H3,(H,19,20)(H,21,22,23). The first-order chi connectivity index (χ1) is 11.8. The molecule has 24 heavy (non-hydrogen) atoms. The average molecular weight is 327 g/mol. The summed E-state index contributed by atoms with van der Waals surface area (Å²) in [6, 6.07) is 0.566. The van der Waals surface area contributed by atoms with Gasteiger partial charge < -0.3 is 15.5 Å². The minimum Gasteiger partial charge on any atom is -0.359 e. The van der Waals surface area contributed by atoms with E-state index in [0.717, 1.165) is 50.7 Å². The van der Waals surface area contributed by atoms with Crippen molar-refractivity contribution in [2.45, 2.75) is 38.1 Å². The third kappa shape index (κ3) is 3.51. The molecule has 0 aromatic carbocycles. The van der Waals surface area contributed by atoms with Crippen LogP contribution in [0.3, 0.4) is 0 Å². The highest BCUT2D eigenvalue weighted by atomic mass is 15.2. The molecular weight excluding hydrogens is 302 g/mol. The van der Waals surface area contributed by atoms with Gasteiger partial charge in [0.25, 0.3) is 0 Å². The third-order valence-corrected chi connectivity index (χ3v) is 4.72. The molecule has 128 valence electrons. The highest BCUT2D eigenvalue weighted by Crippen LogP contribution is 2.28. The van der Waals surface area contributed by atoms with Gasteiger partial charge in [0.2, 0.25) is 5.95 Å². The van der Waals surface area contributed by atoms with E-state index in [1.165, 1.54) is 29.7 Å². The number of aromatic amines is 1. The topological polar surface area (TPSA) is 81.8 Å². The van der Waals surface area contributed by atoms with E-state index in [0.29, 0.717) is 6.04 Å². The highest BCUT2D eigenvalue weighted by molar-refractivity contribution is 5.53. The Balaban J connectivity index is 1.58. The molecular formula is C17H25N7. The third-order valence-electron chi connectivity index (χ3n) is 4.72. The molecule has 0 saturated heterocycles. The van der Waals surface area contributed by atoms with Gasteiger partial charge in [0.15, 0.2) is 0 Å². The molecule has 0 spiro atoms. The maximum Gasteiger partial charge on any atom is 0.225 e. The monoisotopic (exact) mass is 327 g/mol. The van der Waals surface area contributed by atoms with Crippen LogP contribution in [0.25, 0.3) is 0 Å². The molecule has 2 aliphatic rings. The summed E-state index contributed by atoms with van der Waals surface area (Å²) >= 11 is 0. The number of hydrogen-bond donors (Lipinski definition) is 3. The zero-order valence-electron chi connectivity index (χ0n) is 14.2. The first-order valence-corrected chi connectivity index (χ1v) is 8.85. The second kappa shape index (κ2) is 6.76. The van der Waals surface area contributed by atoms with Crippen LogP contribution >= 0.6 is 0 Å². The van der Waals surface area contributed by atoms with E-state index in [2.05, 4.69) is 32.8 Å². The number of likely N-dealkylation sites (N-methyl/N-ethyl adjacent to an activating group) is 1. The van der Waals surface area contributed by atoms with Crippen molar-refractivity contribution in [3.05, 3.63) is 29.2 Å². The molecule has 0 bridgehead atoms. The SMILES string of the molecule is CN(CCc1cn[nH]c1)c1nc(NC2CC2)nc2c1CCNCC2. The zero-order chi connectivity index (χ0) is 16.4. The van der Waals surface area contributed by atoms with Crippen LogP contribution < -0.4 is 15.5 Å². The van der Waals surface area contributed by atoms with Crippen molar-refractivity contribution in [2.75, 3.05) is 36.9 Å². The van der Waals surface area contributed by atoms with E-state index in [1.807, 2.05) is 12.4 Å². The molecule has 1 aliphatic carbocycles. The first kappa shape index (κ1) is 15.4. The number of hydrogen-bond acceptors (Lipinski definition) is 6. The molecule has 1 aliphatic heterocycles. The molecule has 3 N–H and O–H groups in total. The van der Waals surface area contributed by atoms with Crippen molar-refractivity contribution in [3.63, 3.8) is 0 Å². The van der Waals surface area contributed by atoms with Crippen molar-refractivity contribution in [1.29, 1.82) is 0 Å². The summed E-state index contributed by atoms with van der Waals surface area (Å²) in [6.07, 6.45) is 9.22. The van der Waals surface area contributed by atoms with Gasteiger partial charge in [0.05, 0.1) is 11.9 Å². The van der Waals surface area contributed by atoms with Gasteiger partial charge in [0.1, 0.15) is 5.82 Å². The fourth-order valence-electron chi connectivity index (χ4n) is 3.13. The first-order valence-electron chi connectivity index (χ1n) is 8.85. The number of nitrogens with zero attached hydrogens (tertiary/aromatic N) is 4. The fourth-order valence-corrected chi connectivity index (χ4v) is 3.13. The molecule has 3 heterocycles. The molecule has 1 fully saturated rings. The normalized spacial score (nSPS) is 17.2. The molecule has 0 unspecified atom stereocenters. The molecule has 0 amide bonds. The van der Waals surface area contributed by atoms with Crippen LogP contribution in [0.5, 0.6) is 0 Å². The summed E-state index contributed by atoms with van der Waals surface area (Å²) in [5.74, 6) is 1.87. The second-order valence-corrected chi connectivity index (χ2v) is 6.74. The van der Waals surface area contributed by atoms with E-state index in [9.17, 15) is 0 Å². The molecule has 0 radical (unpaired) electrons. The number of rotatable bonds is 6. The molecule has 1 saturated carbocycles. The minimum atomic E-state index is 0.566. The summed E-state index contributed by atoms with van der Waals surface area (Å²) in [6.45, 7) is 2.90. The number of H-pyrrole nitrogens is 1. The van der Waals surface area contributed by atoms with Crippen LogP contribution in [-0.2, 0) is 19.3 Å². The summed E-state index contributed by atoms with van der Waals surface area (Å²) in [4.78, 5) is 11.9. The Labute approximate surface area is 142 Å². The summed E-state index contributed by atoms with van der Waals surface area (Å²) in [5.41, 5.74) is 3.72. The van der Waals surface area contributed by atoms with Crippen molar-refractivity contribution in [2.24, 2.45) is 0 Å². The van der Waals surface area contributed by atoms with Gasteiger partial charge in [-0.25, -0.2) is 4.98 Å². The van der Waals surface area contributed by atoms with E-state index in [-0.39, 0.29) is 0 Å². The van der Waals surface area contributed by atoms with Crippen molar-refractivity contribution in [1.82, 2.24) is 25.5 Å². The van der Waals surface area contributed by atoms with E-state index in [1.54, 1.807) is 0 Å². The smallest absolute Gasteiger partial charge is 0.225 e. The van der Waals surface area contributed by atoms with Gasteiger partial charge in [0, 0.05) is 44.4 Å². The Bertz CT molecular complexity index is 678. The van der Waals surface area contributed by atoms with Crippen molar-refractivity contribution >= 4 is 11.8 Å². The van der Waals surface area contributed by atoms with Crippen LogP contribution in [-0.4, -0.2) is 52.9 Å². The van der Waals surface area contributed by atoms with Crippen LogP contribution in [0, 0.1) is 0 Å². The predicted molar refractivity (Wildman–Crippen MR) is 94.5 cm³/mol. The van der Waals surface area contributed by atoms with E-state index in [4.69, 9.17) is 9.97 Å². The number of aromatic nitrogens is 4. The molecule has 2 aromatic heterocycles. The molecule has 7 heteroatoms. The summed E-state index contributed by atoms with van der Waals surface area (Å²) < 4.78 is 0. The lowest BCUT2D eigenvalue weighted by molar-refractivity contribution is 0.708. The van der Waals surface area contributed by atoms with Crippen LogP contribution in [0.15, 0.2) is 12.4 Å². The van der Waals surface area contributed by atoms with E-state index >= 15 is 0 Å². The van der Waals surface area contributed by atoms with Gasteiger partial charge in [-0.05, 0) is 37.8 Å². The van der Waals surface area contributed by atoms with Gasteiger partial charge in [-0.3, -0.25) is 5.10 Å². The largest absolute Gasteiger partial charge is 0.359 e. The van der Waals surface area contributed by atoms with Crippen LogP contribution in [0.1, 0.15) is 29.7 Å². The zero-order valence-corrected chi connectivity index (χ0v) is 14.2. The number of nitrogens with one attached hydrogen (secondary N) is 3. The molecule has 4 rings (SSSR count). The summed E-state index contributed by atoms with van der Waals surface area (Å²) in [7, 11) is 2.13. The maximum absolute atomic E-state index is 4.86. The Morgan fingerprint density at radius 2 is 2.12 bits per heavy atom. The lowest BCUT2D eigenvalue weighted by atomic mass is 10.1. The van der Waals surface area contributed by atoms with Gasteiger partial charge in [-0.1, -0.05) is 0 Å². The predicted octanol–water partition coefficient (Wildman–Crippen LogP) is 1.14. The van der Waals surface area contributed by atoms with Gasteiger partial charge in [-0.15, -0.1) is 0 Å². The fraction of sp³-hybridized carbons (Fsp3) is 0.588. The Morgan fingerprint density at radius 1 is 1.25 bits per heavy atom. The van der Waals surface area contributed by atoms with Crippen LogP contribution in [0.4, 0.5) is 11.8 Å². The Hall–Kier alpha value is -2.15. The molecule has 0 atom stereocenters. The van der Waals surface area contributed by atoms with Gasteiger partial charge in [-0.2, -0.15) is 10.1 Å². The van der Waals surface area contributed by atoms with Gasteiger partial charge >= 0.3 is 0 Å². The lowest BCUT2D eigenvalue weighted by Gasteiger charge is -2.23. The van der Waals surface area contributed by atoms with Crippen LogP contribution in [0.2, 0.25) is 0 Å². The number of fused-ring (bicyclic) bond motifs is 1. The molecule has 2 aromatic rings. The molecule has 7 nitrogen and oxygen atoms in total. The van der Waals surface area contributed by atoms with Crippen molar-refractivity contribution in [3.8, 4) is 0 Å². The lowest BCUT2D eigenvalue weighted by Crippen LogP contribution is -2.25. The maximum atomic E-state index is 4.86. The Kier molecular flexibility index (Phi) is 4.34. The summed E-state index contributed by atoms with van der Waals surface area (Å²) in [5, 5.41) is 13.8. The van der Waals surface area contributed by atoms with Crippen molar-refractivity contribution < 1.29 is 0 Å². The quantitative estimate of drug-likeness (QED) is 0.738. The second-order valence-electron chi connectivity index (χ2n) is 6.74. The highest BCUT2D eigenvalue weighted by Gasteiger charge is 2.24. The van der Waals surface area contributed by atoms with E-state index < -0.39 is 0 Å². The average Bonchev–Trinajstić information content (AvgIpc) is 3.30. The minimum absolute atomic E-state index is 0.566. The number of anilines is 2. The Morgan fingerprint density at radius 3 is 2.92 bits per heavy atom.